The summed E-state index contributed by atoms with van der Waals surface area (Å²) in [6.07, 6.45) is 0. The van der Waals surface area contributed by atoms with Crippen molar-refractivity contribution in [1.29, 1.82) is 0 Å². The molecule has 3 rings (SSSR count). The molecule has 0 radical (unpaired) electrons. The fraction of sp³-hybridized carbons (Fsp3) is 0.0556. The quantitative estimate of drug-likeness (QED) is 0.776. The third-order valence-electron chi connectivity index (χ3n) is 3.30. The Bertz CT molecular complexity index is 991. The molecule has 0 saturated heterocycles. The highest BCUT2D eigenvalue weighted by atomic mass is 16.3. The van der Waals surface area contributed by atoms with E-state index >= 15 is 0 Å². The molecule has 1 aromatic heterocycles. The molecule has 24 heavy (non-hydrogen) atoms. The molecule has 0 bridgehead atoms. The predicted molar refractivity (Wildman–Crippen MR) is 91.2 cm³/mol. The molecule has 2 N–H and O–H groups in total. The van der Waals surface area contributed by atoms with E-state index in [1.807, 2.05) is 0 Å². The van der Waals surface area contributed by atoms with Gasteiger partial charge in [-0.3, -0.25) is 14.4 Å². The van der Waals surface area contributed by atoms with Crippen molar-refractivity contribution >= 4 is 34.2 Å². The van der Waals surface area contributed by atoms with E-state index < -0.39 is 5.91 Å². The van der Waals surface area contributed by atoms with Gasteiger partial charge in [0.1, 0.15) is 5.58 Å². The van der Waals surface area contributed by atoms with Crippen LogP contribution in [-0.4, -0.2) is 11.8 Å². The second kappa shape index (κ2) is 6.37. The maximum absolute atomic E-state index is 12.3. The van der Waals surface area contributed by atoms with Gasteiger partial charge in [-0.2, -0.15) is 0 Å². The van der Waals surface area contributed by atoms with Crippen LogP contribution in [0.2, 0.25) is 0 Å². The van der Waals surface area contributed by atoms with Crippen LogP contribution in [0.1, 0.15) is 17.5 Å². The first kappa shape index (κ1) is 15.5. The zero-order chi connectivity index (χ0) is 17.1. The molecule has 0 spiro atoms. The highest BCUT2D eigenvalue weighted by Crippen LogP contribution is 2.17. The average molecular weight is 322 g/mol. The molecule has 0 unspecified atom stereocenters. The largest absolute Gasteiger partial charge is 0.451 e. The van der Waals surface area contributed by atoms with Gasteiger partial charge in [0.05, 0.1) is 5.39 Å². The summed E-state index contributed by atoms with van der Waals surface area (Å²) in [7, 11) is 0. The first-order chi connectivity index (χ1) is 11.5. The minimum absolute atomic E-state index is 0.0800. The molecule has 0 aliphatic heterocycles. The Morgan fingerprint density at radius 3 is 2.38 bits per heavy atom. The van der Waals surface area contributed by atoms with Gasteiger partial charge in [0, 0.05) is 24.4 Å². The number of hydrogen-bond acceptors (Lipinski definition) is 4. The lowest BCUT2D eigenvalue weighted by atomic mass is 10.2. The Morgan fingerprint density at radius 2 is 1.62 bits per heavy atom. The van der Waals surface area contributed by atoms with Crippen LogP contribution in [0.25, 0.3) is 11.0 Å². The summed E-state index contributed by atoms with van der Waals surface area (Å²) < 4.78 is 5.49. The van der Waals surface area contributed by atoms with E-state index in [2.05, 4.69) is 10.6 Å². The average Bonchev–Trinajstić information content (AvgIpc) is 2.54. The van der Waals surface area contributed by atoms with Crippen molar-refractivity contribution < 1.29 is 14.0 Å². The van der Waals surface area contributed by atoms with Crippen LogP contribution in [0.5, 0.6) is 0 Å². The minimum Gasteiger partial charge on any atom is -0.451 e. The molecule has 0 fully saturated rings. The number of fused-ring (bicyclic) bond motifs is 1. The highest BCUT2D eigenvalue weighted by molar-refractivity contribution is 6.03. The normalized spacial score (nSPS) is 10.4. The van der Waals surface area contributed by atoms with Crippen LogP contribution in [-0.2, 0) is 4.79 Å². The SMILES string of the molecule is CC(=O)Nc1cccc(NC(=O)c2cc(=O)c3ccccc3o2)c1. The summed E-state index contributed by atoms with van der Waals surface area (Å²) in [6, 6.07) is 14.6. The van der Waals surface area contributed by atoms with E-state index in [4.69, 9.17) is 4.42 Å². The lowest BCUT2D eigenvalue weighted by Gasteiger charge is -2.08. The Hall–Kier alpha value is -3.41. The molecule has 0 atom stereocenters. The van der Waals surface area contributed by atoms with Gasteiger partial charge in [0.15, 0.2) is 11.2 Å². The topological polar surface area (TPSA) is 88.4 Å². The smallest absolute Gasteiger partial charge is 0.291 e. The van der Waals surface area contributed by atoms with Crippen molar-refractivity contribution in [3.63, 3.8) is 0 Å². The summed E-state index contributed by atoms with van der Waals surface area (Å²) >= 11 is 0. The molecule has 0 saturated carbocycles. The third-order valence-corrected chi connectivity index (χ3v) is 3.30. The number of carbonyl (C=O) groups excluding carboxylic acids is 2. The monoisotopic (exact) mass is 322 g/mol. The van der Waals surface area contributed by atoms with Gasteiger partial charge in [-0.15, -0.1) is 0 Å². The summed E-state index contributed by atoms with van der Waals surface area (Å²) in [4.78, 5) is 35.4. The number of carbonyl (C=O) groups is 2. The minimum atomic E-state index is -0.544. The van der Waals surface area contributed by atoms with Crippen molar-refractivity contribution in [2.45, 2.75) is 6.92 Å². The molecule has 6 nitrogen and oxygen atoms in total. The number of anilines is 2. The van der Waals surface area contributed by atoms with E-state index in [1.54, 1.807) is 48.5 Å². The maximum Gasteiger partial charge on any atom is 0.291 e. The second-order valence-corrected chi connectivity index (χ2v) is 5.19. The highest BCUT2D eigenvalue weighted by Gasteiger charge is 2.12. The molecule has 3 aromatic rings. The number of nitrogens with one attached hydrogen (secondary N) is 2. The van der Waals surface area contributed by atoms with Crippen molar-refractivity contribution in [2.24, 2.45) is 0 Å². The first-order valence-electron chi connectivity index (χ1n) is 7.25. The molecule has 120 valence electrons. The predicted octanol–water partition coefficient (Wildman–Crippen LogP) is 3.00. The Morgan fingerprint density at radius 1 is 0.917 bits per heavy atom. The molecule has 2 amide bonds. The van der Waals surface area contributed by atoms with Crippen molar-refractivity contribution in [3.8, 4) is 0 Å². The molecular weight excluding hydrogens is 308 g/mol. The summed E-state index contributed by atoms with van der Waals surface area (Å²) in [5.41, 5.74) is 1.10. The van der Waals surface area contributed by atoms with Gasteiger partial charge in [-0.1, -0.05) is 18.2 Å². The molecule has 2 aromatic carbocycles. The van der Waals surface area contributed by atoms with E-state index in [9.17, 15) is 14.4 Å². The van der Waals surface area contributed by atoms with Gasteiger partial charge < -0.3 is 15.1 Å². The summed E-state index contributed by atoms with van der Waals surface area (Å²) in [5, 5.41) is 5.69. The summed E-state index contributed by atoms with van der Waals surface area (Å²) in [5.74, 6) is -0.833. The standard InChI is InChI=1S/C18H14N2O4/c1-11(21)19-12-5-4-6-13(9-12)20-18(23)17-10-15(22)14-7-2-3-8-16(14)24-17/h2-10H,1H3,(H,19,21)(H,20,23). The van der Waals surface area contributed by atoms with Crippen molar-refractivity contribution in [3.05, 3.63) is 70.6 Å². The van der Waals surface area contributed by atoms with E-state index in [-0.39, 0.29) is 17.1 Å². The number of rotatable bonds is 3. The number of amides is 2. The Labute approximate surface area is 137 Å². The van der Waals surface area contributed by atoms with Crippen LogP contribution in [0, 0.1) is 0 Å². The van der Waals surface area contributed by atoms with Gasteiger partial charge in [-0.05, 0) is 30.3 Å². The van der Waals surface area contributed by atoms with E-state index in [0.29, 0.717) is 22.3 Å². The molecular formula is C18H14N2O4. The second-order valence-electron chi connectivity index (χ2n) is 5.19. The lowest BCUT2D eigenvalue weighted by molar-refractivity contribution is -0.114. The zero-order valence-corrected chi connectivity index (χ0v) is 12.8. The van der Waals surface area contributed by atoms with Gasteiger partial charge in [-0.25, -0.2) is 0 Å². The van der Waals surface area contributed by atoms with Gasteiger partial charge >= 0.3 is 0 Å². The number of hydrogen-bond donors (Lipinski definition) is 2. The zero-order valence-electron chi connectivity index (χ0n) is 12.8. The molecule has 0 aliphatic rings. The van der Waals surface area contributed by atoms with Gasteiger partial charge in [0.25, 0.3) is 5.91 Å². The molecule has 0 aliphatic carbocycles. The maximum atomic E-state index is 12.3. The van der Waals surface area contributed by atoms with E-state index in [1.165, 1.54) is 6.92 Å². The van der Waals surface area contributed by atoms with Crippen LogP contribution >= 0.6 is 0 Å². The van der Waals surface area contributed by atoms with Crippen LogP contribution in [0.4, 0.5) is 11.4 Å². The lowest BCUT2D eigenvalue weighted by Crippen LogP contribution is -2.15. The van der Waals surface area contributed by atoms with Crippen LogP contribution in [0.15, 0.2) is 63.8 Å². The Balaban J connectivity index is 1.87. The fourth-order valence-corrected chi connectivity index (χ4v) is 2.29. The van der Waals surface area contributed by atoms with Crippen LogP contribution < -0.4 is 16.1 Å². The molecule has 1 heterocycles. The number of benzene rings is 2. The third kappa shape index (κ3) is 3.33. The number of para-hydroxylation sites is 1. The van der Waals surface area contributed by atoms with E-state index in [0.717, 1.165) is 6.07 Å². The van der Waals surface area contributed by atoms with Crippen molar-refractivity contribution in [2.75, 3.05) is 10.6 Å². The first-order valence-corrected chi connectivity index (χ1v) is 7.25. The van der Waals surface area contributed by atoms with Crippen molar-refractivity contribution in [1.82, 2.24) is 0 Å². The van der Waals surface area contributed by atoms with Crippen LogP contribution in [0.3, 0.4) is 0 Å². The summed E-state index contributed by atoms with van der Waals surface area (Å²) in [6.45, 7) is 1.40. The Kier molecular flexibility index (Phi) is 4.11. The fourth-order valence-electron chi connectivity index (χ4n) is 2.29. The van der Waals surface area contributed by atoms with Gasteiger partial charge in [0.2, 0.25) is 5.91 Å². The molecule has 6 heteroatoms.